The van der Waals surface area contributed by atoms with Crippen LogP contribution in [0.3, 0.4) is 0 Å². The molecule has 2 aromatic rings. The van der Waals surface area contributed by atoms with Crippen LogP contribution in [0.4, 0.5) is 0 Å². The highest BCUT2D eigenvalue weighted by Gasteiger charge is 2.11. The fourth-order valence-corrected chi connectivity index (χ4v) is 1.92. The van der Waals surface area contributed by atoms with Gasteiger partial charge in [-0.2, -0.15) is 0 Å². The Kier molecular flexibility index (Phi) is 2.84. The summed E-state index contributed by atoms with van der Waals surface area (Å²) < 4.78 is 5.09. The fraction of sp³-hybridized carbons (Fsp3) is 0.154. The summed E-state index contributed by atoms with van der Waals surface area (Å²) in [6.45, 7) is 3.90. The molecule has 0 aliphatic carbocycles. The predicted octanol–water partition coefficient (Wildman–Crippen LogP) is 4.03. The van der Waals surface area contributed by atoms with Crippen molar-refractivity contribution in [3.63, 3.8) is 0 Å². The van der Waals surface area contributed by atoms with Gasteiger partial charge in [-0.05, 0) is 48.7 Å². The maximum Gasteiger partial charge on any atom is 0.185 e. The summed E-state index contributed by atoms with van der Waals surface area (Å²) in [6.07, 6.45) is 2.24. The zero-order valence-electron chi connectivity index (χ0n) is 9.08. The molecular weight excluding hydrogens is 224 g/mol. The number of furan rings is 1. The van der Waals surface area contributed by atoms with Crippen molar-refractivity contribution in [1.29, 1.82) is 0 Å². The highest BCUT2D eigenvalue weighted by molar-refractivity contribution is 6.31. The van der Waals surface area contributed by atoms with Crippen molar-refractivity contribution in [2.45, 2.75) is 13.8 Å². The van der Waals surface area contributed by atoms with Gasteiger partial charge in [0.05, 0.1) is 6.26 Å². The number of carbonyl (C=O) groups excluding carboxylic acids is 1. The van der Waals surface area contributed by atoms with Gasteiger partial charge in [0.25, 0.3) is 0 Å². The molecule has 1 aromatic heterocycles. The number of hydrogen-bond donors (Lipinski definition) is 0. The van der Waals surface area contributed by atoms with E-state index in [9.17, 15) is 4.79 Å². The van der Waals surface area contributed by atoms with Gasteiger partial charge in [0.2, 0.25) is 0 Å². The molecule has 0 amide bonds. The Balaban J connectivity index is 2.64. The Morgan fingerprint density at radius 3 is 2.62 bits per heavy atom. The first-order valence-corrected chi connectivity index (χ1v) is 5.31. The normalized spacial score (nSPS) is 10.4. The van der Waals surface area contributed by atoms with Gasteiger partial charge in [-0.1, -0.05) is 11.6 Å². The van der Waals surface area contributed by atoms with Gasteiger partial charge >= 0.3 is 0 Å². The molecule has 3 heteroatoms. The minimum atomic E-state index is 0.352. The van der Waals surface area contributed by atoms with Crippen LogP contribution in [-0.4, -0.2) is 6.29 Å². The molecule has 0 aliphatic heterocycles. The average Bonchev–Trinajstić information content (AvgIpc) is 2.71. The van der Waals surface area contributed by atoms with Crippen LogP contribution in [-0.2, 0) is 0 Å². The van der Waals surface area contributed by atoms with Crippen LogP contribution in [0.1, 0.15) is 21.7 Å². The van der Waals surface area contributed by atoms with E-state index in [0.29, 0.717) is 5.76 Å². The second-order valence-corrected chi connectivity index (χ2v) is 4.14. The van der Waals surface area contributed by atoms with E-state index in [1.54, 1.807) is 6.07 Å². The van der Waals surface area contributed by atoms with Crippen LogP contribution in [0.2, 0.25) is 5.02 Å². The fourth-order valence-electron chi connectivity index (χ4n) is 1.71. The Labute approximate surface area is 98.8 Å². The lowest BCUT2D eigenvalue weighted by Crippen LogP contribution is -1.88. The minimum absolute atomic E-state index is 0.352. The van der Waals surface area contributed by atoms with Crippen molar-refractivity contribution in [2.24, 2.45) is 0 Å². The Hall–Kier alpha value is -1.54. The summed E-state index contributed by atoms with van der Waals surface area (Å²) in [5.74, 6) is 0.352. The molecule has 16 heavy (non-hydrogen) atoms. The molecule has 0 saturated heterocycles. The number of aldehydes is 1. The van der Waals surface area contributed by atoms with Crippen molar-refractivity contribution in [3.05, 3.63) is 46.4 Å². The third-order valence-corrected chi connectivity index (χ3v) is 3.01. The van der Waals surface area contributed by atoms with Gasteiger partial charge < -0.3 is 4.42 Å². The SMILES string of the molecule is Cc1cc(-c2ccoc2C=O)c(C)cc1Cl. The number of aryl methyl sites for hydroxylation is 2. The topological polar surface area (TPSA) is 30.2 Å². The van der Waals surface area contributed by atoms with E-state index >= 15 is 0 Å². The lowest BCUT2D eigenvalue weighted by atomic mass is 9.99. The standard InChI is InChI=1S/C13H11ClO2/c1-8-6-12(14)9(2)5-11(8)10-3-4-16-13(10)7-15/h3-7H,1-2H3. The molecule has 1 heterocycles. The lowest BCUT2D eigenvalue weighted by Gasteiger charge is -2.07. The van der Waals surface area contributed by atoms with Crippen LogP contribution in [0.25, 0.3) is 11.1 Å². The Morgan fingerprint density at radius 2 is 1.94 bits per heavy atom. The molecule has 0 aliphatic rings. The Morgan fingerprint density at radius 1 is 1.19 bits per heavy atom. The van der Waals surface area contributed by atoms with Crippen LogP contribution in [0.15, 0.2) is 28.9 Å². The van der Waals surface area contributed by atoms with Crippen molar-refractivity contribution in [3.8, 4) is 11.1 Å². The molecule has 0 atom stereocenters. The van der Waals surface area contributed by atoms with Crippen LogP contribution in [0.5, 0.6) is 0 Å². The van der Waals surface area contributed by atoms with E-state index < -0.39 is 0 Å². The first-order valence-electron chi connectivity index (χ1n) is 4.93. The second-order valence-electron chi connectivity index (χ2n) is 3.73. The van der Waals surface area contributed by atoms with E-state index in [2.05, 4.69) is 0 Å². The zero-order valence-corrected chi connectivity index (χ0v) is 9.84. The molecule has 0 radical (unpaired) electrons. The van der Waals surface area contributed by atoms with Gasteiger partial charge in [0.15, 0.2) is 12.0 Å². The first-order chi connectivity index (χ1) is 7.63. The molecule has 0 N–H and O–H groups in total. The van der Waals surface area contributed by atoms with Gasteiger partial charge in [-0.15, -0.1) is 0 Å². The minimum Gasteiger partial charge on any atom is -0.461 e. The molecule has 2 rings (SSSR count). The molecule has 2 nitrogen and oxygen atoms in total. The van der Waals surface area contributed by atoms with Crippen molar-refractivity contribution in [2.75, 3.05) is 0 Å². The highest BCUT2D eigenvalue weighted by Crippen LogP contribution is 2.30. The summed E-state index contributed by atoms with van der Waals surface area (Å²) in [4.78, 5) is 10.8. The summed E-state index contributed by atoms with van der Waals surface area (Å²) in [5, 5.41) is 0.734. The maximum absolute atomic E-state index is 10.8. The monoisotopic (exact) mass is 234 g/mol. The number of rotatable bonds is 2. The summed E-state index contributed by atoms with van der Waals surface area (Å²) >= 11 is 6.03. The number of carbonyl (C=O) groups is 1. The third kappa shape index (κ3) is 1.76. The van der Waals surface area contributed by atoms with E-state index in [1.807, 2.05) is 26.0 Å². The first kappa shape index (κ1) is 11.0. The van der Waals surface area contributed by atoms with Crippen molar-refractivity contribution in [1.82, 2.24) is 0 Å². The predicted molar refractivity (Wildman–Crippen MR) is 64.0 cm³/mol. The highest BCUT2D eigenvalue weighted by atomic mass is 35.5. The smallest absolute Gasteiger partial charge is 0.185 e. The van der Waals surface area contributed by atoms with Gasteiger partial charge in [0.1, 0.15) is 0 Å². The Bertz CT molecular complexity index is 541. The molecule has 1 aromatic carbocycles. The zero-order chi connectivity index (χ0) is 11.7. The average molecular weight is 235 g/mol. The molecule has 0 saturated carbocycles. The summed E-state index contributed by atoms with van der Waals surface area (Å²) in [5.41, 5.74) is 3.81. The third-order valence-electron chi connectivity index (χ3n) is 2.60. The molecule has 82 valence electrons. The van der Waals surface area contributed by atoms with Crippen LogP contribution < -0.4 is 0 Å². The van der Waals surface area contributed by atoms with Gasteiger partial charge in [-0.3, -0.25) is 4.79 Å². The molecule has 0 spiro atoms. The van der Waals surface area contributed by atoms with Gasteiger partial charge in [0, 0.05) is 10.6 Å². The van der Waals surface area contributed by atoms with E-state index in [0.717, 1.165) is 33.6 Å². The van der Waals surface area contributed by atoms with Crippen molar-refractivity contribution >= 4 is 17.9 Å². The lowest BCUT2D eigenvalue weighted by molar-refractivity contribution is 0.110. The summed E-state index contributed by atoms with van der Waals surface area (Å²) in [6, 6.07) is 5.66. The van der Waals surface area contributed by atoms with E-state index in [4.69, 9.17) is 16.0 Å². The molecular formula is C13H11ClO2. The second kappa shape index (κ2) is 4.14. The molecule has 0 bridgehead atoms. The molecule has 0 unspecified atom stereocenters. The van der Waals surface area contributed by atoms with Crippen molar-refractivity contribution < 1.29 is 9.21 Å². The van der Waals surface area contributed by atoms with E-state index in [1.165, 1.54) is 6.26 Å². The number of halogens is 1. The number of benzene rings is 1. The largest absolute Gasteiger partial charge is 0.461 e. The summed E-state index contributed by atoms with van der Waals surface area (Å²) in [7, 11) is 0. The van der Waals surface area contributed by atoms with Crippen LogP contribution >= 0.6 is 11.6 Å². The van der Waals surface area contributed by atoms with Gasteiger partial charge in [-0.25, -0.2) is 0 Å². The molecule has 0 fully saturated rings. The maximum atomic E-state index is 10.8. The number of hydrogen-bond acceptors (Lipinski definition) is 2. The van der Waals surface area contributed by atoms with E-state index in [-0.39, 0.29) is 0 Å². The quantitative estimate of drug-likeness (QED) is 0.735. The van der Waals surface area contributed by atoms with Crippen LogP contribution in [0, 0.1) is 13.8 Å².